The van der Waals surface area contributed by atoms with E-state index in [4.69, 9.17) is 0 Å². The summed E-state index contributed by atoms with van der Waals surface area (Å²) in [6.07, 6.45) is 0. The van der Waals surface area contributed by atoms with E-state index in [0.717, 1.165) is 5.55 Å². The Hall–Kier alpha value is -1.27. The molecule has 1 aromatic heterocycles. The third-order valence-electron chi connectivity index (χ3n) is 1.58. The van der Waals surface area contributed by atoms with Crippen LogP contribution in [0.15, 0.2) is 17.5 Å². The van der Waals surface area contributed by atoms with Crippen LogP contribution in [0.3, 0.4) is 0 Å². The van der Waals surface area contributed by atoms with Crippen LogP contribution >= 0.6 is 23.6 Å². The molecule has 15 heavy (non-hydrogen) atoms. The fraction of sp³-hybridized carbons (Fsp3) is 0.222. The largest absolute Gasteiger partial charge is 0.421 e. The SMILES string of the molecule is CC(=O)NC(C(=O)OC=S)c1cccs1. The van der Waals surface area contributed by atoms with Crippen LogP contribution in [-0.4, -0.2) is 17.4 Å². The van der Waals surface area contributed by atoms with Crippen molar-refractivity contribution in [2.75, 3.05) is 0 Å². The van der Waals surface area contributed by atoms with Crippen molar-refractivity contribution in [2.24, 2.45) is 0 Å². The summed E-state index contributed by atoms with van der Waals surface area (Å²) in [5.74, 6) is -0.877. The van der Waals surface area contributed by atoms with Gasteiger partial charge in [0.1, 0.15) is 0 Å². The maximum Gasteiger partial charge on any atom is 0.339 e. The third-order valence-corrected chi connectivity index (χ3v) is 2.61. The first kappa shape index (κ1) is 11.8. The molecule has 80 valence electrons. The number of hydrogen-bond donors (Lipinski definition) is 1. The van der Waals surface area contributed by atoms with Gasteiger partial charge in [0, 0.05) is 11.8 Å². The van der Waals surface area contributed by atoms with Crippen molar-refractivity contribution in [3.8, 4) is 0 Å². The Morgan fingerprint density at radius 1 is 1.67 bits per heavy atom. The molecule has 4 nitrogen and oxygen atoms in total. The van der Waals surface area contributed by atoms with Crippen LogP contribution in [0.5, 0.6) is 0 Å². The highest BCUT2D eigenvalue weighted by atomic mass is 32.1. The quantitative estimate of drug-likeness (QED) is 0.642. The number of thiophene rings is 1. The molecule has 0 aliphatic carbocycles. The molecule has 0 aliphatic heterocycles. The summed E-state index contributed by atoms with van der Waals surface area (Å²) in [5.41, 5.74) is 0.880. The van der Waals surface area contributed by atoms with Gasteiger partial charge in [0.2, 0.25) is 5.91 Å². The highest BCUT2D eigenvalue weighted by Gasteiger charge is 2.23. The summed E-state index contributed by atoms with van der Waals surface area (Å²) in [7, 11) is 0. The van der Waals surface area contributed by atoms with E-state index in [0.29, 0.717) is 4.88 Å². The number of carbonyl (C=O) groups excluding carboxylic acids is 2. The second-order valence-corrected chi connectivity index (χ2v) is 3.85. The zero-order valence-electron chi connectivity index (χ0n) is 7.93. The summed E-state index contributed by atoms with van der Waals surface area (Å²) in [6.45, 7) is 1.34. The lowest BCUT2D eigenvalue weighted by Crippen LogP contribution is -2.32. The van der Waals surface area contributed by atoms with Crippen molar-refractivity contribution in [1.82, 2.24) is 5.32 Å². The topological polar surface area (TPSA) is 55.4 Å². The minimum Gasteiger partial charge on any atom is -0.421 e. The van der Waals surface area contributed by atoms with Gasteiger partial charge in [0.15, 0.2) is 11.6 Å². The standard InChI is InChI=1S/C9H9NO3S2/c1-6(11)10-8(9(12)13-5-14)7-3-2-4-15-7/h2-5,8H,1H3,(H,10,11). The predicted octanol–water partition coefficient (Wildman–Crippen LogP) is 1.43. The summed E-state index contributed by atoms with van der Waals surface area (Å²) in [4.78, 5) is 23.1. The van der Waals surface area contributed by atoms with Crippen molar-refractivity contribution in [3.05, 3.63) is 22.4 Å². The van der Waals surface area contributed by atoms with Crippen LogP contribution in [0.2, 0.25) is 0 Å². The van der Waals surface area contributed by atoms with Crippen LogP contribution < -0.4 is 5.32 Å². The van der Waals surface area contributed by atoms with Gasteiger partial charge in [-0.3, -0.25) is 4.79 Å². The van der Waals surface area contributed by atoms with E-state index < -0.39 is 12.0 Å². The normalized spacial score (nSPS) is 11.5. The molecular weight excluding hydrogens is 234 g/mol. The summed E-state index contributed by atoms with van der Waals surface area (Å²) >= 11 is 5.78. The lowest BCUT2D eigenvalue weighted by molar-refractivity contribution is -0.139. The molecule has 0 spiro atoms. The monoisotopic (exact) mass is 243 g/mol. The van der Waals surface area contributed by atoms with E-state index in [1.165, 1.54) is 18.3 Å². The first-order valence-corrected chi connectivity index (χ1v) is 5.45. The minimum absolute atomic E-state index is 0.297. The summed E-state index contributed by atoms with van der Waals surface area (Å²) in [6, 6.07) is 2.76. The van der Waals surface area contributed by atoms with Gasteiger partial charge in [-0.05, 0) is 23.7 Å². The Morgan fingerprint density at radius 3 is 2.87 bits per heavy atom. The number of carbonyl (C=O) groups is 2. The molecule has 1 N–H and O–H groups in total. The Bertz CT molecular complexity index is 361. The van der Waals surface area contributed by atoms with Crippen LogP contribution in [0.4, 0.5) is 0 Å². The molecule has 1 heterocycles. The van der Waals surface area contributed by atoms with E-state index in [2.05, 4.69) is 22.3 Å². The number of thiocarbonyl (C=S) groups is 1. The molecule has 0 saturated carbocycles. The molecule has 1 unspecified atom stereocenters. The smallest absolute Gasteiger partial charge is 0.339 e. The molecule has 1 rings (SSSR count). The number of ether oxygens (including phenoxy) is 1. The van der Waals surface area contributed by atoms with Crippen molar-refractivity contribution in [1.29, 1.82) is 0 Å². The Balaban J connectivity index is 2.82. The molecule has 0 bridgehead atoms. The fourth-order valence-electron chi connectivity index (χ4n) is 1.02. The number of hydrogen-bond acceptors (Lipinski definition) is 5. The van der Waals surface area contributed by atoms with Gasteiger partial charge in [-0.1, -0.05) is 6.07 Å². The number of amides is 1. The number of nitrogens with one attached hydrogen (secondary N) is 1. The highest BCUT2D eigenvalue weighted by Crippen LogP contribution is 2.19. The van der Waals surface area contributed by atoms with Crippen LogP contribution in [0.1, 0.15) is 17.8 Å². The Labute approximate surface area is 96.2 Å². The van der Waals surface area contributed by atoms with E-state index >= 15 is 0 Å². The Morgan fingerprint density at radius 2 is 2.40 bits per heavy atom. The van der Waals surface area contributed by atoms with Gasteiger partial charge < -0.3 is 10.1 Å². The molecule has 6 heteroatoms. The first-order chi connectivity index (χ1) is 7.15. The van der Waals surface area contributed by atoms with Gasteiger partial charge in [-0.15, -0.1) is 11.3 Å². The third kappa shape index (κ3) is 3.41. The maximum atomic E-state index is 11.4. The fourth-order valence-corrected chi connectivity index (χ4v) is 1.88. The van der Waals surface area contributed by atoms with E-state index in [-0.39, 0.29) is 5.91 Å². The van der Waals surface area contributed by atoms with E-state index in [1.807, 2.05) is 5.38 Å². The molecule has 0 aliphatic rings. The van der Waals surface area contributed by atoms with Gasteiger partial charge in [-0.2, -0.15) is 0 Å². The second-order valence-electron chi connectivity index (χ2n) is 2.68. The molecule has 0 fully saturated rings. The molecule has 1 atom stereocenters. The first-order valence-electron chi connectivity index (χ1n) is 4.09. The van der Waals surface area contributed by atoms with Gasteiger partial charge in [-0.25, -0.2) is 4.79 Å². The van der Waals surface area contributed by atoms with Crippen LogP contribution in [-0.2, 0) is 14.3 Å². The molecule has 0 radical (unpaired) electrons. The highest BCUT2D eigenvalue weighted by molar-refractivity contribution is 7.78. The summed E-state index contributed by atoms with van der Waals surface area (Å²) in [5, 5.41) is 4.31. The predicted molar refractivity (Wildman–Crippen MR) is 60.6 cm³/mol. The summed E-state index contributed by atoms with van der Waals surface area (Å²) < 4.78 is 4.57. The lowest BCUT2D eigenvalue weighted by Gasteiger charge is -2.12. The van der Waals surface area contributed by atoms with E-state index in [9.17, 15) is 9.59 Å². The zero-order chi connectivity index (χ0) is 11.3. The van der Waals surface area contributed by atoms with Gasteiger partial charge >= 0.3 is 5.97 Å². The second kappa shape index (κ2) is 5.57. The number of esters is 1. The van der Waals surface area contributed by atoms with Gasteiger partial charge in [0.25, 0.3) is 0 Å². The van der Waals surface area contributed by atoms with Crippen molar-refractivity contribution < 1.29 is 14.3 Å². The molecular formula is C9H9NO3S2. The molecule has 1 amide bonds. The van der Waals surface area contributed by atoms with E-state index in [1.54, 1.807) is 12.1 Å². The zero-order valence-corrected chi connectivity index (χ0v) is 9.56. The lowest BCUT2D eigenvalue weighted by atomic mass is 10.2. The molecule has 0 saturated heterocycles. The van der Waals surface area contributed by atoms with Crippen molar-refractivity contribution >= 4 is 41.0 Å². The van der Waals surface area contributed by atoms with Crippen molar-refractivity contribution in [3.63, 3.8) is 0 Å². The Kier molecular flexibility index (Phi) is 4.38. The number of rotatable bonds is 4. The maximum absolute atomic E-state index is 11.4. The molecule has 1 aromatic rings. The average molecular weight is 243 g/mol. The molecule has 0 aromatic carbocycles. The van der Waals surface area contributed by atoms with Crippen LogP contribution in [0, 0.1) is 0 Å². The minimum atomic E-state index is -0.776. The average Bonchev–Trinajstić information content (AvgIpc) is 2.66. The van der Waals surface area contributed by atoms with Gasteiger partial charge in [0.05, 0.1) is 0 Å². The van der Waals surface area contributed by atoms with Crippen molar-refractivity contribution in [2.45, 2.75) is 13.0 Å². The van der Waals surface area contributed by atoms with Crippen LogP contribution in [0.25, 0.3) is 0 Å².